The zero-order valence-electron chi connectivity index (χ0n) is 15.2. The molecule has 3 N–H and O–H groups in total. The molecule has 1 amide bonds. The van der Waals surface area contributed by atoms with E-state index in [0.717, 1.165) is 13.1 Å². The number of benzene rings is 1. The van der Waals surface area contributed by atoms with Crippen molar-refractivity contribution in [2.75, 3.05) is 33.7 Å². The van der Waals surface area contributed by atoms with Gasteiger partial charge in [-0.15, -0.1) is 0 Å². The van der Waals surface area contributed by atoms with Gasteiger partial charge >= 0.3 is 0 Å². The molecule has 1 atom stereocenters. The summed E-state index contributed by atoms with van der Waals surface area (Å²) in [6, 6.07) is 5.47. The zero-order valence-corrected chi connectivity index (χ0v) is 15.2. The highest BCUT2D eigenvalue weighted by Crippen LogP contribution is 2.21. The second-order valence-electron chi connectivity index (χ2n) is 6.72. The molecule has 0 spiro atoms. The number of aromatic amines is 1. The van der Waals surface area contributed by atoms with Gasteiger partial charge in [0.1, 0.15) is 11.6 Å². The molecule has 1 aromatic heterocycles. The lowest BCUT2D eigenvalue weighted by Gasteiger charge is -2.36. The monoisotopic (exact) mass is 375 g/mol. The molecule has 144 valence electrons. The third kappa shape index (κ3) is 4.32. The fourth-order valence-electron chi connectivity index (χ4n) is 2.97. The summed E-state index contributed by atoms with van der Waals surface area (Å²) in [4.78, 5) is 35.5. The quantitative estimate of drug-likeness (QED) is 0.718. The summed E-state index contributed by atoms with van der Waals surface area (Å²) >= 11 is 0. The smallest absolute Gasteiger partial charge is 0.293 e. The number of carbonyl (C=O) groups is 1. The van der Waals surface area contributed by atoms with Crippen molar-refractivity contribution in [2.45, 2.75) is 12.6 Å². The van der Waals surface area contributed by atoms with Crippen LogP contribution in [0.15, 0.2) is 29.1 Å². The fourth-order valence-corrected chi connectivity index (χ4v) is 2.97. The van der Waals surface area contributed by atoms with Gasteiger partial charge in [-0.2, -0.15) is 0 Å². The molecule has 1 unspecified atom stereocenters. The van der Waals surface area contributed by atoms with E-state index in [0.29, 0.717) is 17.9 Å². The maximum absolute atomic E-state index is 13.0. The average molecular weight is 375 g/mol. The van der Waals surface area contributed by atoms with Gasteiger partial charge in [-0.25, -0.2) is 9.37 Å². The number of nitrogens with zero attached hydrogens (tertiary/aromatic N) is 3. The third-order valence-electron chi connectivity index (χ3n) is 4.66. The van der Waals surface area contributed by atoms with Gasteiger partial charge in [0.15, 0.2) is 5.69 Å². The molecule has 2 heterocycles. The standard InChI is InChI=1S/C18H22FN5O3/c1-23-7-8-24(2)13(10-23)16-21-14(15(25)18(27)22-16)17(26)20-9-11-3-5-12(19)6-4-11/h3-6,13,25H,7-10H2,1-2H3,(H,20,26)(H,21,22,27). The predicted octanol–water partition coefficient (Wildman–Crippen LogP) is 0.463. The van der Waals surface area contributed by atoms with Gasteiger partial charge in [0.25, 0.3) is 11.5 Å². The number of rotatable bonds is 4. The summed E-state index contributed by atoms with van der Waals surface area (Å²) in [6.07, 6.45) is 0. The summed E-state index contributed by atoms with van der Waals surface area (Å²) in [7, 11) is 3.88. The summed E-state index contributed by atoms with van der Waals surface area (Å²) in [5.74, 6) is -1.43. The van der Waals surface area contributed by atoms with Gasteiger partial charge in [0.2, 0.25) is 5.75 Å². The number of piperazine rings is 1. The lowest BCUT2D eigenvalue weighted by molar-refractivity contribution is 0.0935. The first-order chi connectivity index (χ1) is 12.8. The normalized spacial score (nSPS) is 18.4. The van der Waals surface area contributed by atoms with Crippen LogP contribution in [0.5, 0.6) is 5.75 Å². The molecule has 0 bridgehead atoms. The van der Waals surface area contributed by atoms with E-state index in [2.05, 4.69) is 20.2 Å². The van der Waals surface area contributed by atoms with Crippen LogP contribution in [0, 0.1) is 5.82 Å². The Morgan fingerprint density at radius 3 is 2.74 bits per heavy atom. The first-order valence-electron chi connectivity index (χ1n) is 8.59. The number of amides is 1. The molecule has 27 heavy (non-hydrogen) atoms. The van der Waals surface area contributed by atoms with E-state index in [4.69, 9.17) is 0 Å². The van der Waals surface area contributed by atoms with Crippen LogP contribution >= 0.6 is 0 Å². The molecule has 3 rings (SSSR count). The molecule has 1 fully saturated rings. The molecule has 1 saturated heterocycles. The van der Waals surface area contributed by atoms with Crippen LogP contribution in [0.4, 0.5) is 4.39 Å². The molecule has 1 aromatic carbocycles. The number of nitrogens with one attached hydrogen (secondary N) is 2. The second-order valence-corrected chi connectivity index (χ2v) is 6.72. The molecule has 1 aliphatic rings. The first kappa shape index (κ1) is 19.0. The average Bonchev–Trinajstić information content (AvgIpc) is 2.65. The molecule has 0 radical (unpaired) electrons. The van der Waals surface area contributed by atoms with E-state index in [9.17, 15) is 19.1 Å². The van der Waals surface area contributed by atoms with E-state index in [1.54, 1.807) is 12.1 Å². The molecule has 0 saturated carbocycles. The van der Waals surface area contributed by atoms with Gasteiger partial charge in [0, 0.05) is 26.2 Å². The van der Waals surface area contributed by atoms with E-state index in [1.807, 2.05) is 19.0 Å². The van der Waals surface area contributed by atoms with Crippen molar-refractivity contribution in [3.05, 3.63) is 57.5 Å². The predicted molar refractivity (Wildman–Crippen MR) is 97.0 cm³/mol. The van der Waals surface area contributed by atoms with Crippen molar-refractivity contribution < 1.29 is 14.3 Å². The molecule has 1 aliphatic heterocycles. The Labute approximate surface area is 155 Å². The van der Waals surface area contributed by atoms with Crippen LogP contribution in [0.2, 0.25) is 0 Å². The Morgan fingerprint density at radius 2 is 2.04 bits per heavy atom. The minimum absolute atomic E-state index is 0.119. The van der Waals surface area contributed by atoms with Gasteiger partial charge in [-0.1, -0.05) is 12.1 Å². The highest BCUT2D eigenvalue weighted by Gasteiger charge is 2.28. The maximum Gasteiger partial charge on any atom is 0.293 e. The Balaban J connectivity index is 1.81. The van der Waals surface area contributed by atoms with Crippen molar-refractivity contribution in [1.29, 1.82) is 0 Å². The molecule has 9 heteroatoms. The maximum atomic E-state index is 13.0. The summed E-state index contributed by atoms with van der Waals surface area (Å²) < 4.78 is 13.0. The van der Waals surface area contributed by atoms with Gasteiger partial charge in [-0.3, -0.25) is 14.5 Å². The fraction of sp³-hybridized carbons (Fsp3) is 0.389. The minimum atomic E-state index is -0.756. The minimum Gasteiger partial charge on any atom is -0.501 e. The molecule has 8 nitrogen and oxygen atoms in total. The Morgan fingerprint density at radius 1 is 1.33 bits per heavy atom. The van der Waals surface area contributed by atoms with Crippen molar-refractivity contribution >= 4 is 5.91 Å². The second kappa shape index (κ2) is 7.85. The molecular weight excluding hydrogens is 353 g/mol. The SMILES string of the molecule is CN1CCN(C)C(c2nc(C(=O)NCc3ccc(F)cc3)c(O)c(=O)[nH]2)C1. The number of carbonyl (C=O) groups excluding carboxylic acids is 1. The van der Waals surface area contributed by atoms with Crippen molar-refractivity contribution in [2.24, 2.45) is 0 Å². The van der Waals surface area contributed by atoms with E-state index >= 15 is 0 Å². The molecular formula is C18H22FN5O3. The van der Waals surface area contributed by atoms with Crippen molar-refractivity contribution in [3.8, 4) is 5.75 Å². The largest absolute Gasteiger partial charge is 0.501 e. The van der Waals surface area contributed by atoms with Crippen LogP contribution in [0.3, 0.4) is 0 Å². The Kier molecular flexibility index (Phi) is 5.52. The topological polar surface area (TPSA) is 102 Å². The first-order valence-corrected chi connectivity index (χ1v) is 8.59. The summed E-state index contributed by atoms with van der Waals surface area (Å²) in [5, 5.41) is 12.6. The van der Waals surface area contributed by atoms with Crippen LogP contribution in [-0.2, 0) is 6.54 Å². The number of halogens is 1. The number of hydrogen-bond donors (Lipinski definition) is 3. The van der Waals surface area contributed by atoms with Crippen molar-refractivity contribution in [3.63, 3.8) is 0 Å². The summed E-state index contributed by atoms with van der Waals surface area (Å²) in [5.41, 5.74) is -0.394. The molecule has 0 aliphatic carbocycles. The third-order valence-corrected chi connectivity index (χ3v) is 4.66. The highest BCUT2D eigenvalue weighted by atomic mass is 19.1. The van der Waals surface area contributed by atoms with Gasteiger partial charge < -0.3 is 20.3 Å². The number of likely N-dealkylation sites (N-methyl/N-ethyl adjacent to an activating group) is 2. The molecule has 2 aromatic rings. The Hall–Kier alpha value is -2.78. The summed E-state index contributed by atoms with van der Waals surface area (Å²) in [6.45, 7) is 2.44. The number of hydrogen-bond acceptors (Lipinski definition) is 6. The van der Waals surface area contributed by atoms with E-state index in [-0.39, 0.29) is 24.1 Å². The van der Waals surface area contributed by atoms with Crippen LogP contribution < -0.4 is 10.9 Å². The van der Waals surface area contributed by atoms with Crippen LogP contribution in [0.25, 0.3) is 0 Å². The van der Waals surface area contributed by atoms with Crippen LogP contribution in [-0.4, -0.2) is 64.5 Å². The van der Waals surface area contributed by atoms with Crippen molar-refractivity contribution in [1.82, 2.24) is 25.1 Å². The van der Waals surface area contributed by atoms with Gasteiger partial charge in [0.05, 0.1) is 6.04 Å². The highest BCUT2D eigenvalue weighted by molar-refractivity contribution is 5.94. The lowest BCUT2D eigenvalue weighted by Crippen LogP contribution is -2.46. The number of H-pyrrole nitrogens is 1. The van der Waals surface area contributed by atoms with Crippen LogP contribution in [0.1, 0.15) is 27.9 Å². The number of aromatic nitrogens is 2. The number of aromatic hydroxyl groups is 1. The Bertz CT molecular complexity index is 884. The lowest BCUT2D eigenvalue weighted by atomic mass is 10.1. The van der Waals surface area contributed by atoms with E-state index in [1.165, 1.54) is 12.1 Å². The van der Waals surface area contributed by atoms with Gasteiger partial charge in [-0.05, 0) is 31.8 Å². The zero-order chi connectivity index (χ0) is 19.6. The van der Waals surface area contributed by atoms with E-state index < -0.39 is 17.2 Å².